The van der Waals surface area contributed by atoms with Crippen molar-refractivity contribution in [3.8, 4) is 23.4 Å². The maximum absolute atomic E-state index is 9.41. The third-order valence-corrected chi connectivity index (χ3v) is 2.71. The molecule has 1 N–H and O–H groups in total. The summed E-state index contributed by atoms with van der Waals surface area (Å²) in [5.41, 5.74) is 1.15. The maximum atomic E-state index is 9.41. The normalized spacial score (nSPS) is 11.5. The van der Waals surface area contributed by atoms with Crippen molar-refractivity contribution in [2.45, 2.75) is 13.0 Å². The van der Waals surface area contributed by atoms with E-state index in [1.807, 2.05) is 6.07 Å². The second kappa shape index (κ2) is 6.04. The fourth-order valence-electron chi connectivity index (χ4n) is 1.63. The van der Waals surface area contributed by atoms with Crippen LogP contribution in [0, 0.1) is 11.3 Å². The van der Waals surface area contributed by atoms with Gasteiger partial charge in [-0.25, -0.2) is 4.98 Å². The van der Waals surface area contributed by atoms with Gasteiger partial charge in [-0.15, -0.1) is 0 Å². The van der Waals surface area contributed by atoms with Gasteiger partial charge in [-0.1, -0.05) is 0 Å². The van der Waals surface area contributed by atoms with Crippen LogP contribution in [0.25, 0.3) is 0 Å². The fraction of sp³-hybridized carbons (Fsp3) is 0.200. The van der Waals surface area contributed by atoms with Crippen LogP contribution in [0.2, 0.25) is 0 Å². The Bertz CT molecular complexity index is 631. The van der Waals surface area contributed by atoms with Gasteiger partial charge in [-0.2, -0.15) is 5.26 Å². The smallest absolute Gasteiger partial charge is 0.219 e. The van der Waals surface area contributed by atoms with Gasteiger partial charge in [0, 0.05) is 18.3 Å². The highest BCUT2D eigenvalue weighted by Gasteiger charge is 2.06. The van der Waals surface area contributed by atoms with Crippen LogP contribution in [0.15, 0.2) is 36.5 Å². The van der Waals surface area contributed by atoms with E-state index in [2.05, 4.69) is 4.98 Å². The summed E-state index contributed by atoms with van der Waals surface area (Å²) >= 11 is 0. The first kappa shape index (κ1) is 13.8. The third-order valence-electron chi connectivity index (χ3n) is 2.71. The Hall–Kier alpha value is -2.58. The first-order valence-electron chi connectivity index (χ1n) is 6.03. The minimum atomic E-state index is -0.571. The van der Waals surface area contributed by atoms with Crippen LogP contribution >= 0.6 is 0 Å². The van der Waals surface area contributed by atoms with Crippen LogP contribution in [0.1, 0.15) is 24.2 Å². The fourth-order valence-corrected chi connectivity index (χ4v) is 1.63. The molecular formula is C15H14N2O3. The van der Waals surface area contributed by atoms with Crippen molar-refractivity contribution in [2.75, 3.05) is 7.11 Å². The van der Waals surface area contributed by atoms with Crippen LogP contribution in [-0.4, -0.2) is 17.2 Å². The SMILES string of the molecule is COc1cc(C#N)cc(Oc2ccc([C@@H](C)O)cn2)c1. The second-order valence-corrected chi connectivity index (χ2v) is 4.22. The van der Waals surface area contributed by atoms with Gasteiger partial charge in [0.25, 0.3) is 0 Å². The summed E-state index contributed by atoms with van der Waals surface area (Å²) in [6.45, 7) is 1.67. The standard InChI is InChI=1S/C15H14N2O3/c1-10(18)12-3-4-15(17-9-12)20-14-6-11(8-16)5-13(7-14)19-2/h3-7,9-10,18H,1-2H3/t10-/m1/s1. The number of hydrogen-bond donors (Lipinski definition) is 1. The lowest BCUT2D eigenvalue weighted by molar-refractivity contribution is 0.198. The number of hydrogen-bond acceptors (Lipinski definition) is 5. The van der Waals surface area contributed by atoms with E-state index >= 15 is 0 Å². The van der Waals surface area contributed by atoms with E-state index in [9.17, 15) is 5.11 Å². The number of nitriles is 1. The van der Waals surface area contributed by atoms with E-state index in [-0.39, 0.29) is 0 Å². The van der Waals surface area contributed by atoms with Crippen LogP contribution in [0.3, 0.4) is 0 Å². The van der Waals surface area contributed by atoms with E-state index in [4.69, 9.17) is 14.7 Å². The number of rotatable bonds is 4. The minimum Gasteiger partial charge on any atom is -0.497 e. The molecule has 0 spiro atoms. The summed E-state index contributed by atoms with van der Waals surface area (Å²) in [4.78, 5) is 4.10. The molecular weight excluding hydrogens is 256 g/mol. The summed E-state index contributed by atoms with van der Waals surface area (Å²) in [5, 5.41) is 18.3. The maximum Gasteiger partial charge on any atom is 0.219 e. The summed E-state index contributed by atoms with van der Waals surface area (Å²) < 4.78 is 10.7. The second-order valence-electron chi connectivity index (χ2n) is 4.22. The largest absolute Gasteiger partial charge is 0.497 e. The molecule has 5 nitrogen and oxygen atoms in total. The molecule has 2 aromatic rings. The van der Waals surface area contributed by atoms with Crippen molar-refractivity contribution < 1.29 is 14.6 Å². The van der Waals surface area contributed by atoms with Crippen LogP contribution in [0.5, 0.6) is 17.4 Å². The molecule has 0 bridgehead atoms. The summed E-state index contributed by atoms with van der Waals surface area (Å²) in [6, 6.07) is 10.3. The Morgan fingerprint density at radius 2 is 2.00 bits per heavy atom. The molecule has 1 atom stereocenters. The molecule has 0 unspecified atom stereocenters. The van der Waals surface area contributed by atoms with Gasteiger partial charge in [0.05, 0.1) is 24.8 Å². The topological polar surface area (TPSA) is 75.4 Å². The van der Waals surface area contributed by atoms with Gasteiger partial charge in [0.1, 0.15) is 11.5 Å². The number of nitrogens with zero attached hydrogens (tertiary/aromatic N) is 2. The predicted octanol–water partition coefficient (Wildman–Crippen LogP) is 2.81. The third kappa shape index (κ3) is 3.25. The molecule has 0 fully saturated rings. The number of ether oxygens (including phenoxy) is 2. The van der Waals surface area contributed by atoms with Gasteiger partial charge in [-0.05, 0) is 30.7 Å². The zero-order chi connectivity index (χ0) is 14.5. The van der Waals surface area contributed by atoms with E-state index < -0.39 is 6.10 Å². The molecule has 102 valence electrons. The molecule has 0 aliphatic heterocycles. The molecule has 0 amide bonds. The monoisotopic (exact) mass is 270 g/mol. The van der Waals surface area contributed by atoms with E-state index in [0.29, 0.717) is 28.5 Å². The Morgan fingerprint density at radius 3 is 2.55 bits per heavy atom. The van der Waals surface area contributed by atoms with Crippen LogP contribution in [-0.2, 0) is 0 Å². The highest BCUT2D eigenvalue weighted by Crippen LogP contribution is 2.26. The lowest BCUT2D eigenvalue weighted by atomic mass is 10.2. The molecule has 0 saturated carbocycles. The molecule has 1 aromatic heterocycles. The molecule has 5 heteroatoms. The molecule has 1 aromatic carbocycles. The van der Waals surface area contributed by atoms with Gasteiger partial charge in [-0.3, -0.25) is 0 Å². The molecule has 0 aliphatic carbocycles. The number of aliphatic hydroxyl groups is 1. The van der Waals surface area contributed by atoms with Crippen molar-refractivity contribution in [2.24, 2.45) is 0 Å². The van der Waals surface area contributed by atoms with Gasteiger partial charge >= 0.3 is 0 Å². The Balaban J connectivity index is 2.23. The van der Waals surface area contributed by atoms with E-state index in [0.717, 1.165) is 0 Å². The Kier molecular flexibility index (Phi) is 4.18. The average Bonchev–Trinajstić information content (AvgIpc) is 2.47. The summed E-state index contributed by atoms with van der Waals surface area (Å²) in [7, 11) is 1.52. The first-order valence-corrected chi connectivity index (χ1v) is 6.03. The average molecular weight is 270 g/mol. The van der Waals surface area contributed by atoms with Crippen molar-refractivity contribution in [1.29, 1.82) is 5.26 Å². The lowest BCUT2D eigenvalue weighted by Crippen LogP contribution is -1.94. The van der Waals surface area contributed by atoms with Crippen molar-refractivity contribution in [3.63, 3.8) is 0 Å². The van der Waals surface area contributed by atoms with E-state index in [1.54, 1.807) is 43.5 Å². The first-order chi connectivity index (χ1) is 9.62. The number of pyridine rings is 1. The highest BCUT2D eigenvalue weighted by molar-refractivity contribution is 5.45. The van der Waals surface area contributed by atoms with Crippen molar-refractivity contribution in [3.05, 3.63) is 47.7 Å². The zero-order valence-electron chi connectivity index (χ0n) is 11.2. The van der Waals surface area contributed by atoms with Crippen molar-refractivity contribution in [1.82, 2.24) is 4.98 Å². The molecule has 2 rings (SSSR count). The summed E-state index contributed by atoms with van der Waals surface area (Å²) in [6.07, 6.45) is 0.976. The Labute approximate surface area is 117 Å². The Morgan fingerprint density at radius 1 is 1.25 bits per heavy atom. The predicted molar refractivity (Wildman–Crippen MR) is 72.7 cm³/mol. The zero-order valence-corrected chi connectivity index (χ0v) is 11.2. The van der Waals surface area contributed by atoms with Gasteiger partial charge in [0.15, 0.2) is 0 Å². The molecule has 1 heterocycles. The number of benzene rings is 1. The molecule has 0 saturated heterocycles. The molecule has 0 aliphatic rings. The molecule has 20 heavy (non-hydrogen) atoms. The van der Waals surface area contributed by atoms with Crippen LogP contribution < -0.4 is 9.47 Å². The number of aliphatic hydroxyl groups excluding tert-OH is 1. The summed E-state index contributed by atoms with van der Waals surface area (Å²) in [5.74, 6) is 1.39. The highest BCUT2D eigenvalue weighted by atomic mass is 16.5. The quantitative estimate of drug-likeness (QED) is 0.924. The van der Waals surface area contributed by atoms with Crippen LogP contribution in [0.4, 0.5) is 0 Å². The number of aromatic nitrogens is 1. The van der Waals surface area contributed by atoms with Gasteiger partial charge in [0.2, 0.25) is 5.88 Å². The molecule has 0 radical (unpaired) electrons. The van der Waals surface area contributed by atoms with Gasteiger partial charge < -0.3 is 14.6 Å². The minimum absolute atomic E-state index is 0.381. The number of methoxy groups -OCH3 is 1. The van der Waals surface area contributed by atoms with Crippen molar-refractivity contribution >= 4 is 0 Å². The lowest BCUT2D eigenvalue weighted by Gasteiger charge is -2.08. The van der Waals surface area contributed by atoms with E-state index in [1.165, 1.54) is 7.11 Å².